The molecule has 2 aromatic carbocycles. The molecule has 0 amide bonds. The standard InChI is InChI=1S/C17H17FN2O/c18-16-8-4-5-14(13-21)17(16)20-11-9-19(10-12-20)15-6-2-1-3-7-15/h1-8,13H,9-12H2. The molecule has 0 unspecified atom stereocenters. The van der Waals surface area contributed by atoms with E-state index in [-0.39, 0.29) is 5.82 Å². The first-order valence-electron chi connectivity index (χ1n) is 7.08. The molecule has 0 aliphatic carbocycles. The molecule has 0 atom stereocenters. The summed E-state index contributed by atoms with van der Waals surface area (Å²) < 4.78 is 14.0. The number of hydrogen-bond acceptors (Lipinski definition) is 3. The quantitative estimate of drug-likeness (QED) is 0.810. The molecule has 0 N–H and O–H groups in total. The Morgan fingerprint density at radius 3 is 2.19 bits per heavy atom. The van der Waals surface area contributed by atoms with Gasteiger partial charge in [0.15, 0.2) is 6.29 Å². The van der Waals surface area contributed by atoms with Crippen LogP contribution in [0.3, 0.4) is 0 Å². The number of aldehydes is 1. The minimum atomic E-state index is -0.326. The van der Waals surface area contributed by atoms with Crippen LogP contribution in [-0.4, -0.2) is 32.5 Å². The Bertz CT molecular complexity index is 622. The van der Waals surface area contributed by atoms with Crippen molar-refractivity contribution < 1.29 is 9.18 Å². The molecule has 2 aromatic rings. The van der Waals surface area contributed by atoms with E-state index >= 15 is 0 Å². The van der Waals surface area contributed by atoms with Gasteiger partial charge in [0, 0.05) is 37.4 Å². The Morgan fingerprint density at radius 1 is 0.857 bits per heavy atom. The lowest BCUT2D eigenvalue weighted by molar-refractivity contribution is 0.112. The second-order valence-electron chi connectivity index (χ2n) is 5.11. The van der Waals surface area contributed by atoms with Crippen LogP contribution in [0.1, 0.15) is 10.4 Å². The van der Waals surface area contributed by atoms with Gasteiger partial charge in [0.2, 0.25) is 0 Å². The summed E-state index contributed by atoms with van der Waals surface area (Å²) in [5.74, 6) is -0.326. The normalized spacial score (nSPS) is 15.1. The Balaban J connectivity index is 1.76. The van der Waals surface area contributed by atoms with E-state index < -0.39 is 0 Å². The number of hydrogen-bond donors (Lipinski definition) is 0. The SMILES string of the molecule is O=Cc1cccc(F)c1N1CCN(c2ccccc2)CC1. The molecule has 21 heavy (non-hydrogen) atoms. The van der Waals surface area contributed by atoms with Gasteiger partial charge in [-0.25, -0.2) is 4.39 Å². The summed E-state index contributed by atoms with van der Waals surface area (Å²) in [5.41, 5.74) is 2.03. The molecule has 0 saturated carbocycles. The van der Waals surface area contributed by atoms with Crippen LogP contribution in [0, 0.1) is 5.82 Å². The number of halogens is 1. The number of nitrogens with zero attached hydrogens (tertiary/aromatic N) is 2. The first-order chi connectivity index (χ1) is 10.3. The number of carbonyl (C=O) groups excluding carboxylic acids is 1. The third-order valence-corrected chi connectivity index (χ3v) is 3.86. The molecule has 3 rings (SSSR count). The van der Waals surface area contributed by atoms with Crippen molar-refractivity contribution in [2.45, 2.75) is 0 Å². The molecule has 1 aliphatic heterocycles. The minimum absolute atomic E-state index is 0.326. The molecule has 1 heterocycles. The van der Waals surface area contributed by atoms with Gasteiger partial charge in [-0.15, -0.1) is 0 Å². The van der Waals surface area contributed by atoms with Gasteiger partial charge < -0.3 is 9.80 Å². The number of carbonyl (C=O) groups is 1. The number of piperazine rings is 1. The smallest absolute Gasteiger partial charge is 0.152 e. The maximum absolute atomic E-state index is 14.0. The zero-order valence-electron chi connectivity index (χ0n) is 11.7. The average molecular weight is 284 g/mol. The van der Waals surface area contributed by atoms with Crippen LogP contribution in [0.2, 0.25) is 0 Å². The number of rotatable bonds is 3. The fourth-order valence-corrected chi connectivity index (χ4v) is 2.79. The van der Waals surface area contributed by atoms with E-state index in [2.05, 4.69) is 17.0 Å². The largest absolute Gasteiger partial charge is 0.368 e. The van der Waals surface area contributed by atoms with E-state index in [0.717, 1.165) is 19.4 Å². The molecule has 1 fully saturated rings. The van der Waals surface area contributed by atoms with Crippen LogP contribution in [0.15, 0.2) is 48.5 Å². The van der Waals surface area contributed by atoms with Gasteiger partial charge in [-0.05, 0) is 24.3 Å². The van der Waals surface area contributed by atoms with E-state index in [0.29, 0.717) is 24.3 Å². The van der Waals surface area contributed by atoms with Crippen LogP contribution in [-0.2, 0) is 0 Å². The van der Waals surface area contributed by atoms with Crippen LogP contribution in [0.25, 0.3) is 0 Å². The summed E-state index contributed by atoms with van der Waals surface area (Å²) in [6, 6.07) is 14.8. The van der Waals surface area contributed by atoms with Gasteiger partial charge in [0.05, 0.1) is 5.69 Å². The van der Waals surface area contributed by atoms with Crippen molar-refractivity contribution in [2.75, 3.05) is 36.0 Å². The number of anilines is 2. The van der Waals surface area contributed by atoms with Gasteiger partial charge in [0.1, 0.15) is 5.82 Å². The zero-order valence-corrected chi connectivity index (χ0v) is 11.7. The van der Waals surface area contributed by atoms with Crippen molar-refractivity contribution in [3.8, 4) is 0 Å². The molecule has 3 nitrogen and oxygen atoms in total. The monoisotopic (exact) mass is 284 g/mol. The zero-order chi connectivity index (χ0) is 14.7. The molecule has 0 aromatic heterocycles. The topological polar surface area (TPSA) is 23.6 Å². The Kier molecular flexibility index (Phi) is 3.86. The fraction of sp³-hybridized carbons (Fsp3) is 0.235. The highest BCUT2D eigenvalue weighted by molar-refractivity contribution is 5.85. The van der Waals surface area contributed by atoms with E-state index in [1.54, 1.807) is 12.1 Å². The highest BCUT2D eigenvalue weighted by atomic mass is 19.1. The van der Waals surface area contributed by atoms with Crippen LogP contribution in [0.4, 0.5) is 15.8 Å². The summed E-state index contributed by atoms with van der Waals surface area (Å²) in [6.07, 6.45) is 0.724. The van der Waals surface area contributed by atoms with Crippen molar-refractivity contribution in [1.29, 1.82) is 0 Å². The molecule has 0 radical (unpaired) electrons. The first kappa shape index (κ1) is 13.6. The highest BCUT2D eigenvalue weighted by Crippen LogP contribution is 2.25. The molecule has 4 heteroatoms. The van der Waals surface area contributed by atoms with Crippen molar-refractivity contribution in [3.05, 3.63) is 59.9 Å². The lowest BCUT2D eigenvalue weighted by Gasteiger charge is -2.37. The summed E-state index contributed by atoms with van der Waals surface area (Å²) in [6.45, 7) is 3.04. The first-order valence-corrected chi connectivity index (χ1v) is 7.08. The average Bonchev–Trinajstić information content (AvgIpc) is 2.55. The van der Waals surface area contributed by atoms with E-state index in [1.807, 2.05) is 23.1 Å². The van der Waals surface area contributed by atoms with Crippen molar-refractivity contribution >= 4 is 17.7 Å². The van der Waals surface area contributed by atoms with Gasteiger partial charge >= 0.3 is 0 Å². The van der Waals surface area contributed by atoms with Crippen molar-refractivity contribution in [1.82, 2.24) is 0 Å². The van der Waals surface area contributed by atoms with Gasteiger partial charge in [0.25, 0.3) is 0 Å². The predicted molar refractivity (Wildman–Crippen MR) is 82.7 cm³/mol. The third kappa shape index (κ3) is 2.75. The van der Waals surface area contributed by atoms with Gasteiger partial charge in [-0.1, -0.05) is 24.3 Å². The molecular formula is C17H17FN2O. The number of para-hydroxylation sites is 2. The van der Waals surface area contributed by atoms with E-state index in [9.17, 15) is 9.18 Å². The minimum Gasteiger partial charge on any atom is -0.368 e. The predicted octanol–water partition coefficient (Wildman–Crippen LogP) is 2.96. The summed E-state index contributed by atoms with van der Waals surface area (Å²) in [7, 11) is 0. The van der Waals surface area contributed by atoms with Gasteiger partial charge in [-0.2, -0.15) is 0 Å². The Morgan fingerprint density at radius 2 is 1.52 bits per heavy atom. The Hall–Kier alpha value is -2.36. The second kappa shape index (κ2) is 5.95. The Labute approximate surface area is 123 Å². The third-order valence-electron chi connectivity index (χ3n) is 3.86. The van der Waals surface area contributed by atoms with Crippen LogP contribution < -0.4 is 9.80 Å². The lowest BCUT2D eigenvalue weighted by atomic mass is 10.1. The summed E-state index contributed by atoms with van der Waals surface area (Å²) in [4.78, 5) is 15.3. The van der Waals surface area contributed by atoms with Gasteiger partial charge in [-0.3, -0.25) is 4.79 Å². The van der Waals surface area contributed by atoms with Crippen molar-refractivity contribution in [3.63, 3.8) is 0 Å². The molecule has 1 aliphatic rings. The number of benzene rings is 2. The molecule has 1 saturated heterocycles. The lowest BCUT2D eigenvalue weighted by Crippen LogP contribution is -2.47. The summed E-state index contributed by atoms with van der Waals surface area (Å²) >= 11 is 0. The molecule has 0 bridgehead atoms. The van der Waals surface area contributed by atoms with Crippen molar-refractivity contribution in [2.24, 2.45) is 0 Å². The fourth-order valence-electron chi connectivity index (χ4n) is 2.79. The van der Waals surface area contributed by atoms with Crippen LogP contribution >= 0.6 is 0 Å². The summed E-state index contributed by atoms with van der Waals surface area (Å²) in [5, 5.41) is 0. The molecular weight excluding hydrogens is 267 g/mol. The maximum Gasteiger partial charge on any atom is 0.152 e. The van der Waals surface area contributed by atoms with Crippen LogP contribution in [0.5, 0.6) is 0 Å². The van der Waals surface area contributed by atoms with E-state index in [1.165, 1.54) is 11.8 Å². The second-order valence-corrected chi connectivity index (χ2v) is 5.11. The molecule has 0 spiro atoms. The van der Waals surface area contributed by atoms with E-state index in [4.69, 9.17) is 0 Å². The highest BCUT2D eigenvalue weighted by Gasteiger charge is 2.21. The maximum atomic E-state index is 14.0. The molecule has 108 valence electrons.